The first-order valence-electron chi connectivity index (χ1n) is 24.6. The zero-order valence-corrected chi connectivity index (χ0v) is 44.3. The zero-order valence-electron chi connectivity index (χ0n) is 44.3. The number of nitrogens with zero attached hydrogens (tertiary/aromatic N) is 5. The predicted octanol–water partition coefficient (Wildman–Crippen LogP) is 7.05. The number of ether oxygens (including phenoxy) is 1. The minimum Gasteiger partial charge on any atom is -0.475 e. The number of halogens is 13. The van der Waals surface area contributed by atoms with Crippen molar-refractivity contribution in [3.8, 4) is 23.1 Å². The summed E-state index contributed by atoms with van der Waals surface area (Å²) >= 11 is 0. The van der Waals surface area contributed by atoms with Crippen LogP contribution >= 0.6 is 0 Å². The highest BCUT2D eigenvalue weighted by Gasteiger charge is 2.57. The van der Waals surface area contributed by atoms with Crippen LogP contribution in [-0.4, -0.2) is 147 Å². The molecule has 6 rings (SSSR count). The van der Waals surface area contributed by atoms with Gasteiger partial charge in [-0.25, -0.2) is 37.8 Å². The van der Waals surface area contributed by atoms with E-state index in [0.717, 1.165) is 51.1 Å². The highest BCUT2D eigenvalue weighted by molar-refractivity contribution is 5.87. The van der Waals surface area contributed by atoms with Gasteiger partial charge in [0.15, 0.2) is 0 Å². The van der Waals surface area contributed by atoms with Gasteiger partial charge in [-0.05, 0) is 95.0 Å². The van der Waals surface area contributed by atoms with Gasteiger partial charge in [-0.2, -0.15) is 53.4 Å². The summed E-state index contributed by atoms with van der Waals surface area (Å²) in [7, 11) is 0.810. The average molecular weight is 1200 g/mol. The highest BCUT2D eigenvalue weighted by atomic mass is 19.4. The lowest BCUT2D eigenvalue weighted by atomic mass is 9.82. The van der Waals surface area contributed by atoms with Gasteiger partial charge >= 0.3 is 43.2 Å². The molecule has 454 valence electrons. The van der Waals surface area contributed by atoms with E-state index in [-0.39, 0.29) is 21.5 Å². The Morgan fingerprint density at radius 2 is 1.31 bits per heavy atom. The fourth-order valence-electron chi connectivity index (χ4n) is 8.49. The number of fused-ring (bicyclic) bond motifs is 2. The summed E-state index contributed by atoms with van der Waals surface area (Å²) < 4.78 is 181. The van der Waals surface area contributed by atoms with E-state index < -0.39 is 127 Å². The Morgan fingerprint density at radius 3 is 1.78 bits per heavy atom. The Kier molecular flexibility index (Phi) is 21.1. The second kappa shape index (κ2) is 26.5. The molecule has 32 heteroatoms. The lowest BCUT2D eigenvalue weighted by Gasteiger charge is -2.38. The minimum absolute atomic E-state index is 0.187. The SMILES string of the molecule is COC(=O)N[C@H](C(=O)N[C@@H](Cc1ccc(C#Cc2ccc(N3CC4CCC(C3)N4)nc2)cc1)[C@@H](O)CN(Cc1c(F)cc(-c2ccn(C(F)F)n2)cc1F)NC(=O)[C@@H](NC(=O)O)C(C)(C)C(F)(F)F)C(C)(C)C(F)(F)F.O=C(O)C(F)(F)F. The molecule has 2 saturated heterocycles. The first-order valence-corrected chi connectivity index (χ1v) is 24.6. The molecular formula is C51H55F13N10O9. The first-order chi connectivity index (χ1) is 38.4. The number of rotatable bonds is 18. The number of carbonyl (C=O) groups excluding carboxylic acids is 3. The van der Waals surface area contributed by atoms with Crippen molar-refractivity contribution in [2.24, 2.45) is 10.8 Å². The molecule has 0 aliphatic carbocycles. The van der Waals surface area contributed by atoms with Crippen LogP contribution in [0.2, 0.25) is 0 Å². The van der Waals surface area contributed by atoms with Crippen molar-refractivity contribution >= 4 is 35.8 Å². The highest BCUT2D eigenvalue weighted by Crippen LogP contribution is 2.42. The fourth-order valence-corrected chi connectivity index (χ4v) is 8.49. The fraction of sp³-hybridized carbons (Fsp3) is 0.471. The van der Waals surface area contributed by atoms with Gasteiger partial charge in [-0.3, -0.25) is 15.0 Å². The van der Waals surface area contributed by atoms with Gasteiger partial charge in [0, 0.05) is 72.9 Å². The van der Waals surface area contributed by atoms with Crippen molar-refractivity contribution < 1.29 is 101 Å². The summed E-state index contributed by atoms with van der Waals surface area (Å²) in [5, 5.41) is 41.7. The molecule has 2 aliphatic rings. The monoisotopic (exact) mass is 1200 g/mol. The molecule has 2 aromatic carbocycles. The van der Waals surface area contributed by atoms with Gasteiger partial charge in [0.05, 0.1) is 35.8 Å². The number of hydrazine groups is 1. The van der Waals surface area contributed by atoms with E-state index in [1.807, 2.05) is 22.9 Å². The van der Waals surface area contributed by atoms with Gasteiger partial charge in [0.1, 0.15) is 29.5 Å². The van der Waals surface area contributed by atoms with E-state index in [1.165, 1.54) is 29.6 Å². The number of hydrogen-bond donors (Lipinski definition) is 8. The van der Waals surface area contributed by atoms with Crippen molar-refractivity contribution in [3.63, 3.8) is 0 Å². The number of nitrogens with one attached hydrogen (secondary N) is 5. The number of carboxylic acids is 1. The molecule has 4 heterocycles. The minimum atomic E-state index is -5.28. The summed E-state index contributed by atoms with van der Waals surface area (Å²) in [4.78, 5) is 67.6. The van der Waals surface area contributed by atoms with E-state index >= 15 is 8.78 Å². The summed E-state index contributed by atoms with van der Waals surface area (Å²) in [5.74, 6) is -2.20. The Hall–Kier alpha value is -7.92. The van der Waals surface area contributed by atoms with Crippen LogP contribution in [0.25, 0.3) is 11.3 Å². The number of aliphatic hydroxyl groups excluding tert-OH is 1. The molecular weight excluding hydrogens is 1140 g/mol. The molecule has 2 aliphatic heterocycles. The van der Waals surface area contributed by atoms with Crippen LogP contribution in [0, 0.1) is 34.3 Å². The van der Waals surface area contributed by atoms with Crippen molar-refractivity contribution in [2.75, 3.05) is 31.6 Å². The molecule has 4 aromatic rings. The summed E-state index contributed by atoms with van der Waals surface area (Å²) in [6, 6.07) is 5.79. The molecule has 2 bridgehead atoms. The topological polar surface area (TPSA) is 253 Å². The van der Waals surface area contributed by atoms with Crippen molar-refractivity contribution in [1.29, 1.82) is 0 Å². The molecule has 2 fully saturated rings. The van der Waals surface area contributed by atoms with Crippen molar-refractivity contribution in [2.45, 2.75) is 115 Å². The third-order valence-electron chi connectivity index (χ3n) is 13.5. The van der Waals surface area contributed by atoms with Crippen LogP contribution in [0.3, 0.4) is 0 Å². The predicted molar refractivity (Wildman–Crippen MR) is 265 cm³/mol. The van der Waals surface area contributed by atoms with E-state index in [4.69, 9.17) is 9.90 Å². The maximum absolute atomic E-state index is 15.9. The van der Waals surface area contributed by atoms with Crippen LogP contribution in [0.15, 0.2) is 67.0 Å². The van der Waals surface area contributed by atoms with E-state index in [0.29, 0.717) is 68.0 Å². The number of anilines is 1. The molecule has 0 saturated carbocycles. The normalized spacial score (nSPS) is 17.0. The molecule has 0 radical (unpaired) electrons. The Labute approximate surface area is 463 Å². The number of alkyl carbamates (subject to hydrolysis) is 1. The third kappa shape index (κ3) is 17.3. The molecule has 0 spiro atoms. The van der Waals surface area contributed by atoms with Crippen LogP contribution in [0.5, 0.6) is 0 Å². The number of alkyl halides is 11. The number of carboxylic acid groups (broad SMARTS) is 2. The largest absolute Gasteiger partial charge is 0.490 e. The molecule has 83 heavy (non-hydrogen) atoms. The Balaban J connectivity index is 0.00000169. The second-order valence-electron chi connectivity index (χ2n) is 20.2. The van der Waals surface area contributed by atoms with Crippen LogP contribution in [0.1, 0.15) is 69.3 Å². The average Bonchev–Trinajstić information content (AvgIpc) is 3.81. The molecule has 2 aromatic heterocycles. The molecule has 8 N–H and O–H groups in total. The zero-order chi connectivity index (χ0) is 62.2. The second-order valence-corrected chi connectivity index (χ2v) is 20.2. The third-order valence-corrected chi connectivity index (χ3v) is 13.5. The van der Waals surface area contributed by atoms with E-state index in [1.54, 1.807) is 6.20 Å². The number of amides is 4. The molecule has 19 nitrogen and oxygen atoms in total. The molecule has 2 unspecified atom stereocenters. The maximum atomic E-state index is 15.9. The maximum Gasteiger partial charge on any atom is 0.490 e. The molecule has 4 amide bonds. The van der Waals surface area contributed by atoms with E-state index in [9.17, 15) is 77.7 Å². The quantitative estimate of drug-likeness (QED) is 0.0283. The van der Waals surface area contributed by atoms with Gasteiger partial charge in [-0.1, -0.05) is 24.0 Å². The number of hydrogen-bond acceptors (Lipinski definition) is 12. The number of aliphatic carboxylic acids is 1. The van der Waals surface area contributed by atoms with Crippen LogP contribution in [-0.2, 0) is 32.1 Å². The lowest BCUT2D eigenvalue weighted by Crippen LogP contribution is -2.63. The van der Waals surface area contributed by atoms with Crippen molar-refractivity contribution in [3.05, 3.63) is 101 Å². The summed E-state index contributed by atoms with van der Waals surface area (Å²) in [6.45, 7) is -1.72. The number of piperazine rings is 1. The lowest BCUT2D eigenvalue weighted by molar-refractivity contribution is -0.221. The smallest absolute Gasteiger partial charge is 0.475 e. The van der Waals surface area contributed by atoms with Crippen molar-refractivity contribution in [1.82, 2.24) is 46.5 Å². The number of methoxy groups -OCH3 is 1. The van der Waals surface area contributed by atoms with Crippen LogP contribution < -0.4 is 31.6 Å². The standard InChI is InChI=1S/C49H54F10N10O7.C2HF3O2/c1-46(2,48(54,55)56)39(64-45(75)76-5)41(71)62-36(18-27-9-6-26(7-10-27)8-11-28-12-15-38(60-21-28)67-22-30-13-14-31(23-67)61-30)37(70)25-68(66-42(72)40(63-44(73)74)47(3,4)49(57,58)59)24-32-33(50)19-29(20-34(32)51)35-16-17-69(65-35)43(52)53;3-2(4,5)1(6)7/h6-7,9-10,12,15-17,19-21,30-31,36-37,39-40,43,61,63,70H,13-14,18,22-25H2,1-5H3,(H,62,71)(H,64,75)(H,66,72)(H,73,74);(H,6,7)/t30?,31?,36-,37-,39+,40+;/m0./s1. The number of pyridine rings is 1. The summed E-state index contributed by atoms with van der Waals surface area (Å²) in [6.07, 6.45) is -17.2. The number of carbonyl (C=O) groups is 5. The van der Waals surface area contributed by atoms with Gasteiger partial charge in [0.2, 0.25) is 5.91 Å². The summed E-state index contributed by atoms with van der Waals surface area (Å²) in [5.41, 5.74) is -4.67. The first kappa shape index (κ1) is 65.9. The number of aliphatic hydroxyl groups is 1. The van der Waals surface area contributed by atoms with Gasteiger partial charge in [0.25, 0.3) is 5.91 Å². The van der Waals surface area contributed by atoms with Gasteiger partial charge < -0.3 is 46.2 Å². The molecule has 6 atom stereocenters. The van der Waals surface area contributed by atoms with Crippen LogP contribution in [0.4, 0.5) is 72.5 Å². The Morgan fingerprint density at radius 1 is 0.783 bits per heavy atom. The van der Waals surface area contributed by atoms with E-state index in [2.05, 4.69) is 42.2 Å². The Bertz CT molecular complexity index is 2970. The number of benzene rings is 2. The number of aromatic nitrogens is 3. The van der Waals surface area contributed by atoms with Gasteiger partial charge in [-0.15, -0.1) is 0 Å².